The lowest BCUT2D eigenvalue weighted by Crippen LogP contribution is -2.35. The van der Waals surface area contributed by atoms with E-state index in [1.165, 1.54) is 127 Å². The van der Waals surface area contributed by atoms with Gasteiger partial charge in [-0.15, -0.1) is 0 Å². The number of aryl methyl sites for hydroxylation is 2. The highest BCUT2D eigenvalue weighted by Gasteiger charge is 2.13. The molecule has 1 aromatic rings. The van der Waals surface area contributed by atoms with Gasteiger partial charge in [0, 0.05) is 12.8 Å². The van der Waals surface area contributed by atoms with Crippen LogP contribution in [0.3, 0.4) is 0 Å². The summed E-state index contributed by atoms with van der Waals surface area (Å²) in [7, 11) is 2.25. The largest absolute Gasteiger partial charge is 0.254 e. The molecule has 0 fully saturated rings. The molecule has 0 amide bonds. The van der Waals surface area contributed by atoms with Crippen LogP contribution in [0.2, 0.25) is 0 Å². The van der Waals surface area contributed by atoms with Gasteiger partial charge < -0.3 is 0 Å². The first-order valence-corrected chi connectivity index (χ1v) is 11.8. The summed E-state index contributed by atoms with van der Waals surface area (Å²) in [4.78, 5) is 3.53. The maximum atomic E-state index is 3.53. The van der Waals surface area contributed by atoms with Crippen molar-refractivity contribution in [1.29, 1.82) is 0 Å². The SMILES string of the molecule is CCCCCCCCCCc1c[nH]c(CCCCCCCCCC)[n+]1C. The Labute approximate surface area is 164 Å². The molecule has 0 aliphatic rings. The molecule has 152 valence electrons. The fraction of sp³-hybridized carbons (Fsp3) is 0.875. The standard InChI is InChI=1S/C24H46N2/c1-4-6-8-10-12-14-16-18-20-23-22-25-24(26(23)3)21-19-17-15-13-11-9-7-5-2/h22H,4-21H2,1-3H3/p+1. The van der Waals surface area contributed by atoms with E-state index in [9.17, 15) is 0 Å². The molecule has 1 heterocycles. The predicted octanol–water partition coefficient (Wildman–Crippen LogP) is 7.21. The number of nitrogens with one attached hydrogen (secondary N) is 1. The van der Waals surface area contributed by atoms with Crippen LogP contribution in [0.1, 0.15) is 128 Å². The maximum absolute atomic E-state index is 3.53. The van der Waals surface area contributed by atoms with Gasteiger partial charge in [-0.05, 0) is 12.8 Å². The van der Waals surface area contributed by atoms with Crippen LogP contribution in [-0.2, 0) is 19.9 Å². The van der Waals surface area contributed by atoms with Gasteiger partial charge in [0.25, 0.3) is 5.82 Å². The summed E-state index contributed by atoms with van der Waals surface area (Å²) < 4.78 is 2.42. The predicted molar refractivity (Wildman–Crippen MR) is 115 cm³/mol. The molecular weight excluding hydrogens is 316 g/mol. The van der Waals surface area contributed by atoms with Crippen molar-refractivity contribution in [3.63, 3.8) is 0 Å². The van der Waals surface area contributed by atoms with Gasteiger partial charge in [-0.3, -0.25) is 0 Å². The van der Waals surface area contributed by atoms with Crippen molar-refractivity contribution in [2.45, 2.75) is 129 Å². The Morgan fingerprint density at radius 2 is 1.04 bits per heavy atom. The molecule has 1 N–H and O–H groups in total. The van der Waals surface area contributed by atoms with Crippen molar-refractivity contribution >= 4 is 0 Å². The van der Waals surface area contributed by atoms with E-state index in [1.807, 2.05) is 0 Å². The van der Waals surface area contributed by atoms with E-state index in [2.05, 4.69) is 36.6 Å². The van der Waals surface area contributed by atoms with Gasteiger partial charge in [0.05, 0.1) is 7.05 Å². The van der Waals surface area contributed by atoms with Crippen molar-refractivity contribution in [2.75, 3.05) is 0 Å². The number of nitrogens with zero attached hydrogens (tertiary/aromatic N) is 1. The van der Waals surface area contributed by atoms with Crippen molar-refractivity contribution in [2.24, 2.45) is 7.05 Å². The Hall–Kier alpha value is -0.790. The average molecular weight is 364 g/mol. The van der Waals surface area contributed by atoms with Crippen LogP contribution >= 0.6 is 0 Å². The third-order valence-corrected chi connectivity index (χ3v) is 5.79. The molecule has 0 radical (unpaired) electrons. The lowest BCUT2D eigenvalue weighted by atomic mass is 10.1. The third-order valence-electron chi connectivity index (χ3n) is 5.79. The second-order valence-electron chi connectivity index (χ2n) is 8.24. The van der Waals surface area contributed by atoms with E-state index in [0.717, 1.165) is 0 Å². The number of unbranched alkanes of at least 4 members (excludes halogenated alkanes) is 14. The van der Waals surface area contributed by atoms with Gasteiger partial charge in [0.1, 0.15) is 11.9 Å². The van der Waals surface area contributed by atoms with E-state index in [4.69, 9.17) is 0 Å². The Bertz CT molecular complexity index is 384. The van der Waals surface area contributed by atoms with Crippen molar-refractivity contribution in [3.8, 4) is 0 Å². The number of aromatic amines is 1. The molecular formula is C24H47N2+. The van der Waals surface area contributed by atoms with Crippen LogP contribution in [0.5, 0.6) is 0 Å². The highest BCUT2D eigenvalue weighted by Crippen LogP contribution is 2.12. The van der Waals surface area contributed by atoms with E-state index >= 15 is 0 Å². The summed E-state index contributed by atoms with van der Waals surface area (Å²) in [5, 5.41) is 0. The van der Waals surface area contributed by atoms with Crippen LogP contribution in [0.4, 0.5) is 0 Å². The molecule has 26 heavy (non-hydrogen) atoms. The average Bonchev–Trinajstić information content (AvgIpc) is 2.99. The minimum absolute atomic E-state index is 1.21. The molecule has 0 aliphatic carbocycles. The summed E-state index contributed by atoms with van der Waals surface area (Å²) in [5.74, 6) is 1.42. The van der Waals surface area contributed by atoms with Gasteiger partial charge >= 0.3 is 0 Å². The molecule has 0 spiro atoms. The van der Waals surface area contributed by atoms with E-state index in [0.29, 0.717) is 0 Å². The Kier molecular flexibility index (Phi) is 14.7. The molecule has 0 bridgehead atoms. The fourth-order valence-electron chi connectivity index (χ4n) is 3.88. The molecule has 0 atom stereocenters. The molecule has 0 aliphatic heterocycles. The lowest BCUT2D eigenvalue weighted by Gasteiger charge is -2.02. The zero-order valence-corrected chi connectivity index (χ0v) is 18.3. The zero-order valence-electron chi connectivity index (χ0n) is 18.3. The van der Waals surface area contributed by atoms with Crippen LogP contribution in [-0.4, -0.2) is 4.98 Å². The number of aromatic nitrogens is 2. The monoisotopic (exact) mass is 363 g/mol. The normalized spacial score (nSPS) is 11.3. The summed E-state index contributed by atoms with van der Waals surface area (Å²) >= 11 is 0. The molecule has 2 nitrogen and oxygen atoms in total. The van der Waals surface area contributed by atoms with Crippen LogP contribution in [0, 0.1) is 0 Å². The Balaban J connectivity index is 2.05. The van der Waals surface area contributed by atoms with E-state index < -0.39 is 0 Å². The highest BCUT2D eigenvalue weighted by atomic mass is 15.1. The maximum Gasteiger partial charge on any atom is 0.254 e. The van der Waals surface area contributed by atoms with Gasteiger partial charge in [0.2, 0.25) is 0 Å². The lowest BCUT2D eigenvalue weighted by molar-refractivity contribution is -0.685. The van der Waals surface area contributed by atoms with Gasteiger partial charge in [0.15, 0.2) is 0 Å². The first-order valence-electron chi connectivity index (χ1n) is 11.8. The smallest absolute Gasteiger partial charge is 0.247 e. The minimum atomic E-state index is 1.21. The van der Waals surface area contributed by atoms with Crippen LogP contribution < -0.4 is 4.57 Å². The van der Waals surface area contributed by atoms with Gasteiger partial charge in [-0.25, -0.2) is 9.55 Å². The number of hydrogen-bond donors (Lipinski definition) is 1. The Morgan fingerprint density at radius 3 is 1.54 bits per heavy atom. The van der Waals surface area contributed by atoms with Crippen LogP contribution in [0.25, 0.3) is 0 Å². The highest BCUT2D eigenvalue weighted by molar-refractivity contribution is 4.91. The molecule has 0 saturated carbocycles. The topological polar surface area (TPSA) is 19.7 Å². The summed E-state index contributed by atoms with van der Waals surface area (Å²) in [6.07, 6.45) is 27.1. The summed E-state index contributed by atoms with van der Waals surface area (Å²) in [6, 6.07) is 0. The second-order valence-corrected chi connectivity index (χ2v) is 8.24. The molecule has 1 rings (SSSR count). The fourth-order valence-corrected chi connectivity index (χ4v) is 3.88. The quantitative estimate of drug-likeness (QED) is 0.210. The number of rotatable bonds is 18. The third kappa shape index (κ3) is 11.0. The molecule has 1 aromatic heterocycles. The number of hydrogen-bond acceptors (Lipinski definition) is 0. The van der Waals surface area contributed by atoms with Crippen molar-refractivity contribution < 1.29 is 4.57 Å². The summed E-state index contributed by atoms with van der Waals surface area (Å²) in [6.45, 7) is 4.58. The minimum Gasteiger partial charge on any atom is -0.247 e. The van der Waals surface area contributed by atoms with E-state index in [-0.39, 0.29) is 0 Å². The van der Waals surface area contributed by atoms with Gasteiger partial charge in [-0.2, -0.15) is 0 Å². The number of H-pyrrole nitrogens is 1. The molecule has 0 saturated heterocycles. The second kappa shape index (κ2) is 16.4. The molecule has 0 aromatic carbocycles. The van der Waals surface area contributed by atoms with Crippen molar-refractivity contribution in [1.82, 2.24) is 4.98 Å². The first-order chi connectivity index (χ1) is 12.8. The zero-order chi connectivity index (χ0) is 18.9. The Morgan fingerprint density at radius 1 is 0.615 bits per heavy atom. The van der Waals surface area contributed by atoms with E-state index in [1.54, 1.807) is 0 Å². The van der Waals surface area contributed by atoms with Crippen LogP contribution in [0.15, 0.2) is 6.20 Å². The van der Waals surface area contributed by atoms with Gasteiger partial charge in [-0.1, -0.05) is 104 Å². The van der Waals surface area contributed by atoms with Crippen molar-refractivity contribution in [3.05, 3.63) is 17.7 Å². The molecule has 2 heteroatoms. The summed E-state index contributed by atoms with van der Waals surface area (Å²) in [5.41, 5.74) is 1.49. The number of imidazole rings is 1. The molecule has 0 unspecified atom stereocenters. The first kappa shape index (κ1) is 23.2.